The molecule has 1 aliphatic carbocycles. The standard InChI is InChI=1S/C16H20N2O3/c19-14(20)9-11-3-1-2-4-13(11)18-15(21)12-10-16(12)5-7-17-8-6-16/h1-4,12,17H,5-10H2,(H,18,21)(H,19,20). The van der Waals surface area contributed by atoms with E-state index in [9.17, 15) is 9.59 Å². The molecular formula is C16H20N2O3. The van der Waals surface area contributed by atoms with Gasteiger partial charge in [0.25, 0.3) is 0 Å². The molecule has 1 aromatic carbocycles. The molecule has 1 saturated carbocycles. The van der Waals surface area contributed by atoms with Crippen molar-refractivity contribution in [3.8, 4) is 0 Å². The average molecular weight is 288 g/mol. The number of hydrogen-bond acceptors (Lipinski definition) is 3. The van der Waals surface area contributed by atoms with Gasteiger partial charge in [0, 0.05) is 11.6 Å². The quantitative estimate of drug-likeness (QED) is 0.787. The molecule has 1 aliphatic heterocycles. The summed E-state index contributed by atoms with van der Waals surface area (Å²) < 4.78 is 0. The Morgan fingerprint density at radius 2 is 2.00 bits per heavy atom. The monoisotopic (exact) mass is 288 g/mol. The molecule has 0 aromatic heterocycles. The van der Waals surface area contributed by atoms with Gasteiger partial charge in [-0.2, -0.15) is 0 Å². The first kappa shape index (κ1) is 14.1. The second kappa shape index (κ2) is 5.48. The molecule has 1 amide bonds. The third kappa shape index (κ3) is 2.93. The number of carboxylic acids is 1. The van der Waals surface area contributed by atoms with Crippen LogP contribution >= 0.6 is 0 Å². The molecule has 1 unspecified atom stereocenters. The van der Waals surface area contributed by atoms with Gasteiger partial charge in [0.1, 0.15) is 0 Å². The maximum Gasteiger partial charge on any atom is 0.307 e. The van der Waals surface area contributed by atoms with Crippen LogP contribution in [-0.2, 0) is 16.0 Å². The van der Waals surface area contributed by atoms with Crippen LogP contribution in [0.3, 0.4) is 0 Å². The highest BCUT2D eigenvalue weighted by molar-refractivity contribution is 5.96. The number of aliphatic carboxylic acids is 1. The van der Waals surface area contributed by atoms with Crippen LogP contribution in [0, 0.1) is 11.3 Å². The van der Waals surface area contributed by atoms with Crippen molar-refractivity contribution in [3.63, 3.8) is 0 Å². The maximum absolute atomic E-state index is 12.4. The van der Waals surface area contributed by atoms with E-state index in [-0.39, 0.29) is 23.7 Å². The van der Waals surface area contributed by atoms with Crippen LogP contribution in [0.1, 0.15) is 24.8 Å². The Morgan fingerprint density at radius 3 is 2.71 bits per heavy atom. The van der Waals surface area contributed by atoms with E-state index >= 15 is 0 Å². The minimum Gasteiger partial charge on any atom is -0.481 e. The summed E-state index contributed by atoms with van der Waals surface area (Å²) in [6, 6.07) is 7.12. The van der Waals surface area contributed by atoms with Gasteiger partial charge in [0.2, 0.25) is 5.91 Å². The Kier molecular flexibility index (Phi) is 3.68. The molecule has 1 atom stereocenters. The minimum absolute atomic E-state index is 0.0368. The van der Waals surface area contributed by atoms with Gasteiger partial charge in [0.15, 0.2) is 0 Å². The predicted molar refractivity (Wildman–Crippen MR) is 79.1 cm³/mol. The van der Waals surface area contributed by atoms with Crippen LogP contribution in [0.15, 0.2) is 24.3 Å². The lowest BCUT2D eigenvalue weighted by atomic mass is 9.91. The Balaban J connectivity index is 1.67. The molecule has 5 nitrogen and oxygen atoms in total. The molecular weight excluding hydrogens is 268 g/mol. The highest BCUT2D eigenvalue weighted by atomic mass is 16.4. The van der Waals surface area contributed by atoms with E-state index in [1.54, 1.807) is 18.2 Å². The summed E-state index contributed by atoms with van der Waals surface area (Å²) in [4.78, 5) is 23.3. The van der Waals surface area contributed by atoms with E-state index in [0.717, 1.165) is 32.4 Å². The number of rotatable bonds is 4. The molecule has 3 rings (SSSR count). The molecule has 5 heteroatoms. The van der Waals surface area contributed by atoms with Crippen molar-refractivity contribution in [3.05, 3.63) is 29.8 Å². The zero-order valence-electron chi connectivity index (χ0n) is 11.9. The second-order valence-electron chi connectivity index (χ2n) is 6.09. The van der Waals surface area contributed by atoms with Gasteiger partial charge in [-0.15, -0.1) is 0 Å². The first-order valence-corrected chi connectivity index (χ1v) is 7.42. The lowest BCUT2D eigenvalue weighted by molar-refractivity contribution is -0.136. The van der Waals surface area contributed by atoms with Crippen molar-refractivity contribution in [1.29, 1.82) is 0 Å². The molecule has 2 aliphatic rings. The van der Waals surface area contributed by atoms with Gasteiger partial charge in [0.05, 0.1) is 6.42 Å². The Hall–Kier alpha value is -1.88. The topological polar surface area (TPSA) is 78.4 Å². The van der Waals surface area contributed by atoms with E-state index in [2.05, 4.69) is 10.6 Å². The maximum atomic E-state index is 12.4. The first-order chi connectivity index (χ1) is 10.1. The molecule has 112 valence electrons. The van der Waals surface area contributed by atoms with Gasteiger partial charge in [-0.25, -0.2) is 0 Å². The SMILES string of the molecule is O=C(O)Cc1ccccc1NC(=O)C1CC12CCNCC2. The number of nitrogens with one attached hydrogen (secondary N) is 2. The van der Waals surface area contributed by atoms with Gasteiger partial charge < -0.3 is 15.7 Å². The molecule has 3 N–H and O–H groups in total. The summed E-state index contributed by atoms with van der Waals surface area (Å²) in [5.41, 5.74) is 1.47. The molecule has 21 heavy (non-hydrogen) atoms. The Morgan fingerprint density at radius 1 is 1.29 bits per heavy atom. The molecule has 1 aromatic rings. The van der Waals surface area contributed by atoms with E-state index in [1.807, 2.05) is 6.07 Å². The van der Waals surface area contributed by atoms with Crippen LogP contribution in [0.25, 0.3) is 0 Å². The zero-order valence-corrected chi connectivity index (χ0v) is 11.9. The number of anilines is 1. The minimum atomic E-state index is -0.891. The van der Waals surface area contributed by atoms with Gasteiger partial charge in [-0.1, -0.05) is 18.2 Å². The first-order valence-electron chi connectivity index (χ1n) is 7.42. The summed E-state index contributed by atoms with van der Waals surface area (Å²) in [5, 5.41) is 15.2. The number of hydrogen-bond donors (Lipinski definition) is 3. The van der Waals surface area contributed by atoms with Crippen LogP contribution in [0.4, 0.5) is 5.69 Å². The van der Waals surface area contributed by atoms with Crippen molar-refractivity contribution >= 4 is 17.6 Å². The second-order valence-corrected chi connectivity index (χ2v) is 6.09. The summed E-state index contributed by atoms with van der Waals surface area (Å²) in [7, 11) is 0. The molecule has 1 spiro atoms. The fourth-order valence-electron chi connectivity index (χ4n) is 3.37. The molecule has 1 saturated heterocycles. The van der Waals surface area contributed by atoms with E-state index in [0.29, 0.717) is 11.3 Å². The lowest BCUT2D eigenvalue weighted by Gasteiger charge is -2.23. The predicted octanol–water partition coefficient (Wildman–Crippen LogP) is 1.64. The number of carbonyl (C=O) groups is 2. The molecule has 2 fully saturated rings. The smallest absolute Gasteiger partial charge is 0.307 e. The van der Waals surface area contributed by atoms with Gasteiger partial charge in [-0.05, 0) is 49.4 Å². The van der Waals surface area contributed by atoms with Crippen molar-refractivity contribution in [2.75, 3.05) is 18.4 Å². The number of benzene rings is 1. The summed E-state index contributed by atoms with van der Waals surface area (Å²) >= 11 is 0. The van der Waals surface area contributed by atoms with Crippen LogP contribution < -0.4 is 10.6 Å². The van der Waals surface area contributed by atoms with Crippen molar-refractivity contribution in [1.82, 2.24) is 5.32 Å². The number of piperidine rings is 1. The largest absolute Gasteiger partial charge is 0.481 e. The van der Waals surface area contributed by atoms with Crippen LogP contribution in [0.2, 0.25) is 0 Å². The molecule has 0 bridgehead atoms. The summed E-state index contributed by atoms with van der Waals surface area (Å²) in [6.07, 6.45) is 3.00. The number of para-hydroxylation sites is 1. The molecule has 0 radical (unpaired) electrons. The summed E-state index contributed by atoms with van der Waals surface area (Å²) in [6.45, 7) is 1.97. The molecule has 1 heterocycles. The average Bonchev–Trinajstić information content (AvgIpc) is 3.15. The third-order valence-corrected chi connectivity index (χ3v) is 4.72. The van der Waals surface area contributed by atoms with Crippen molar-refractivity contribution < 1.29 is 14.7 Å². The van der Waals surface area contributed by atoms with Crippen LogP contribution in [0.5, 0.6) is 0 Å². The third-order valence-electron chi connectivity index (χ3n) is 4.72. The Bertz CT molecular complexity index is 564. The lowest BCUT2D eigenvalue weighted by Crippen LogP contribution is -2.31. The van der Waals surface area contributed by atoms with E-state index in [4.69, 9.17) is 5.11 Å². The fraction of sp³-hybridized carbons (Fsp3) is 0.500. The number of carbonyl (C=O) groups excluding carboxylic acids is 1. The van der Waals surface area contributed by atoms with E-state index < -0.39 is 5.97 Å². The number of carboxylic acid groups (broad SMARTS) is 1. The Labute approximate surface area is 123 Å². The van der Waals surface area contributed by atoms with Crippen molar-refractivity contribution in [2.24, 2.45) is 11.3 Å². The van der Waals surface area contributed by atoms with Crippen molar-refractivity contribution in [2.45, 2.75) is 25.7 Å². The van der Waals surface area contributed by atoms with Crippen LogP contribution in [-0.4, -0.2) is 30.1 Å². The highest BCUT2D eigenvalue weighted by Crippen LogP contribution is 2.58. The van der Waals surface area contributed by atoms with E-state index in [1.165, 1.54) is 0 Å². The van der Waals surface area contributed by atoms with Gasteiger partial charge >= 0.3 is 5.97 Å². The highest BCUT2D eigenvalue weighted by Gasteiger charge is 2.57. The van der Waals surface area contributed by atoms with Gasteiger partial charge in [-0.3, -0.25) is 9.59 Å². The summed E-state index contributed by atoms with van der Waals surface area (Å²) in [5.74, 6) is -0.773. The zero-order chi connectivity index (χ0) is 14.9. The number of amides is 1. The normalized spacial score (nSPS) is 22.8. The fourth-order valence-corrected chi connectivity index (χ4v) is 3.37.